The topological polar surface area (TPSA) is 47.9 Å². The van der Waals surface area contributed by atoms with Crippen LogP contribution in [0, 0.1) is 5.41 Å². The Kier molecular flexibility index (Phi) is 3.73. The van der Waals surface area contributed by atoms with Crippen LogP contribution in [0.3, 0.4) is 0 Å². The van der Waals surface area contributed by atoms with Gasteiger partial charge in [-0.15, -0.1) is 0 Å². The van der Waals surface area contributed by atoms with Gasteiger partial charge < -0.3 is 9.47 Å². The van der Waals surface area contributed by atoms with Crippen LogP contribution in [0.2, 0.25) is 0 Å². The molecular formula is C13H14BrNO3. The molecule has 0 spiro atoms. The molecule has 0 N–H and O–H groups in total. The molecule has 1 heterocycles. The van der Waals surface area contributed by atoms with Crippen LogP contribution in [-0.4, -0.2) is 19.3 Å². The van der Waals surface area contributed by atoms with E-state index in [9.17, 15) is 4.79 Å². The van der Waals surface area contributed by atoms with Crippen LogP contribution in [0.25, 0.3) is 0 Å². The second-order valence-electron chi connectivity index (χ2n) is 5.05. The molecule has 1 aromatic carbocycles. The lowest BCUT2D eigenvalue weighted by Gasteiger charge is -2.19. The smallest absolute Gasteiger partial charge is 0.235 e. The Morgan fingerprint density at radius 2 is 2.11 bits per heavy atom. The van der Waals surface area contributed by atoms with Crippen molar-refractivity contribution in [2.45, 2.75) is 20.4 Å². The molecule has 2 rings (SSSR count). The summed E-state index contributed by atoms with van der Waals surface area (Å²) in [7, 11) is 0. The van der Waals surface area contributed by atoms with Crippen molar-refractivity contribution in [1.29, 1.82) is 0 Å². The van der Waals surface area contributed by atoms with Crippen molar-refractivity contribution < 1.29 is 14.3 Å². The van der Waals surface area contributed by atoms with Gasteiger partial charge in [-0.3, -0.25) is 0 Å². The monoisotopic (exact) mass is 311 g/mol. The van der Waals surface area contributed by atoms with Crippen molar-refractivity contribution >= 4 is 22.0 Å². The Bertz CT molecular complexity index is 507. The number of halogens is 1. The number of nitrogens with zero attached hydrogens (tertiary/aromatic N) is 1. The number of aliphatic imine (C=N–C) groups is 1. The summed E-state index contributed by atoms with van der Waals surface area (Å²) in [6.07, 6.45) is 1.53. The van der Waals surface area contributed by atoms with E-state index >= 15 is 0 Å². The molecule has 5 heteroatoms. The van der Waals surface area contributed by atoms with Crippen molar-refractivity contribution in [1.82, 2.24) is 0 Å². The third kappa shape index (κ3) is 2.92. The van der Waals surface area contributed by atoms with Crippen LogP contribution < -0.4 is 9.47 Å². The van der Waals surface area contributed by atoms with Crippen molar-refractivity contribution in [2.75, 3.05) is 13.2 Å². The Hall–Kier alpha value is -1.32. The van der Waals surface area contributed by atoms with Gasteiger partial charge >= 0.3 is 0 Å². The maximum atomic E-state index is 10.1. The molecule has 0 bridgehead atoms. The Labute approximate surface area is 114 Å². The van der Waals surface area contributed by atoms with Gasteiger partial charge in [0.05, 0.1) is 24.2 Å². The van der Waals surface area contributed by atoms with E-state index in [1.807, 2.05) is 12.1 Å². The van der Waals surface area contributed by atoms with Gasteiger partial charge in [0, 0.05) is 5.41 Å². The number of fused-ring (bicyclic) bond motifs is 1. The lowest BCUT2D eigenvalue weighted by molar-refractivity contribution is 0.140. The summed E-state index contributed by atoms with van der Waals surface area (Å²) in [4.78, 5) is 13.7. The molecule has 0 amide bonds. The zero-order chi connectivity index (χ0) is 13.2. The normalized spacial score (nSPS) is 16.6. The highest BCUT2D eigenvalue weighted by Gasteiger charge is 2.26. The molecule has 1 aliphatic rings. The van der Waals surface area contributed by atoms with E-state index < -0.39 is 0 Å². The Morgan fingerprint density at radius 3 is 2.83 bits per heavy atom. The summed E-state index contributed by atoms with van der Waals surface area (Å²) in [6.45, 7) is 5.66. The van der Waals surface area contributed by atoms with E-state index in [2.05, 4.69) is 34.8 Å². The molecule has 0 atom stereocenters. The number of rotatable bonds is 2. The molecule has 1 aliphatic heterocycles. The maximum absolute atomic E-state index is 10.1. The Morgan fingerprint density at radius 1 is 1.39 bits per heavy atom. The predicted molar refractivity (Wildman–Crippen MR) is 70.7 cm³/mol. The highest BCUT2D eigenvalue weighted by Crippen LogP contribution is 2.40. The standard InChI is InChI=1S/C13H14BrNO3/c1-13(2)6-17-11-4-9(5-15-8-16)3-10(14)12(11)18-7-13/h3-4H,5-7H2,1-2H3. The quantitative estimate of drug-likeness (QED) is 0.623. The van der Waals surface area contributed by atoms with Crippen molar-refractivity contribution in [2.24, 2.45) is 10.4 Å². The van der Waals surface area contributed by atoms with Crippen molar-refractivity contribution in [3.63, 3.8) is 0 Å². The van der Waals surface area contributed by atoms with Gasteiger partial charge in [0.1, 0.15) is 0 Å². The molecule has 1 aromatic rings. The first-order chi connectivity index (χ1) is 8.52. The zero-order valence-electron chi connectivity index (χ0n) is 10.3. The number of hydrogen-bond acceptors (Lipinski definition) is 4. The third-order valence-electron chi connectivity index (χ3n) is 2.62. The molecule has 0 unspecified atom stereocenters. The first kappa shape index (κ1) is 13.1. The number of ether oxygens (including phenoxy) is 2. The molecule has 0 saturated carbocycles. The van der Waals surface area contributed by atoms with E-state index in [1.165, 1.54) is 6.08 Å². The van der Waals surface area contributed by atoms with Crippen LogP contribution in [0.1, 0.15) is 19.4 Å². The summed E-state index contributed by atoms with van der Waals surface area (Å²) < 4.78 is 12.4. The van der Waals surface area contributed by atoms with E-state index in [4.69, 9.17) is 9.47 Å². The van der Waals surface area contributed by atoms with Crippen LogP contribution in [0.5, 0.6) is 11.5 Å². The molecule has 96 valence electrons. The van der Waals surface area contributed by atoms with Crippen LogP contribution in [0.15, 0.2) is 21.6 Å². The first-order valence-corrected chi connectivity index (χ1v) is 6.43. The van der Waals surface area contributed by atoms with Gasteiger partial charge in [0.15, 0.2) is 11.5 Å². The van der Waals surface area contributed by atoms with Crippen LogP contribution in [-0.2, 0) is 11.3 Å². The predicted octanol–water partition coefficient (Wildman–Crippen LogP) is 3.08. The summed E-state index contributed by atoms with van der Waals surface area (Å²) in [5, 5.41) is 0. The summed E-state index contributed by atoms with van der Waals surface area (Å²) >= 11 is 3.45. The summed E-state index contributed by atoms with van der Waals surface area (Å²) in [6, 6.07) is 3.73. The number of carbonyl (C=O) groups excluding carboxylic acids is 1. The van der Waals surface area contributed by atoms with E-state index in [0.29, 0.717) is 31.3 Å². The van der Waals surface area contributed by atoms with Crippen LogP contribution in [0.4, 0.5) is 0 Å². The molecule has 0 saturated heterocycles. The molecular weight excluding hydrogens is 298 g/mol. The van der Waals surface area contributed by atoms with Gasteiger partial charge in [-0.25, -0.2) is 9.79 Å². The van der Waals surface area contributed by atoms with Gasteiger partial charge in [0.2, 0.25) is 6.08 Å². The number of hydrogen-bond donors (Lipinski definition) is 0. The van der Waals surface area contributed by atoms with Gasteiger partial charge in [-0.1, -0.05) is 13.8 Å². The minimum absolute atomic E-state index is 0.0282. The molecule has 0 aromatic heterocycles. The largest absolute Gasteiger partial charge is 0.489 e. The van der Waals surface area contributed by atoms with E-state index in [1.54, 1.807) is 0 Å². The van der Waals surface area contributed by atoms with Gasteiger partial charge in [-0.05, 0) is 33.6 Å². The minimum atomic E-state index is -0.0282. The molecule has 0 radical (unpaired) electrons. The second kappa shape index (κ2) is 5.12. The number of isocyanates is 1. The van der Waals surface area contributed by atoms with Crippen molar-refractivity contribution in [3.8, 4) is 11.5 Å². The number of benzene rings is 1. The fourth-order valence-electron chi connectivity index (χ4n) is 1.67. The molecule has 0 fully saturated rings. The summed E-state index contributed by atoms with van der Waals surface area (Å²) in [5.41, 5.74) is 0.854. The SMILES string of the molecule is CC1(C)COc2cc(CN=C=O)cc(Br)c2OC1. The molecule has 18 heavy (non-hydrogen) atoms. The fraction of sp³-hybridized carbons (Fsp3) is 0.462. The highest BCUT2D eigenvalue weighted by molar-refractivity contribution is 9.10. The van der Waals surface area contributed by atoms with Crippen LogP contribution >= 0.6 is 15.9 Å². The second-order valence-corrected chi connectivity index (χ2v) is 5.91. The lowest BCUT2D eigenvalue weighted by Crippen LogP contribution is -2.26. The van der Waals surface area contributed by atoms with Crippen molar-refractivity contribution in [3.05, 3.63) is 22.2 Å². The minimum Gasteiger partial charge on any atom is -0.489 e. The zero-order valence-corrected chi connectivity index (χ0v) is 11.9. The fourth-order valence-corrected chi connectivity index (χ4v) is 2.27. The average Bonchev–Trinajstić information content (AvgIpc) is 2.46. The third-order valence-corrected chi connectivity index (χ3v) is 3.21. The average molecular weight is 312 g/mol. The van der Waals surface area contributed by atoms with Gasteiger partial charge in [0.25, 0.3) is 0 Å². The van der Waals surface area contributed by atoms with E-state index in [0.717, 1.165) is 10.0 Å². The molecule has 0 aliphatic carbocycles. The lowest BCUT2D eigenvalue weighted by atomic mass is 9.97. The Balaban J connectivity index is 2.33. The van der Waals surface area contributed by atoms with Gasteiger partial charge in [-0.2, -0.15) is 0 Å². The van der Waals surface area contributed by atoms with E-state index in [-0.39, 0.29) is 5.41 Å². The summed E-state index contributed by atoms with van der Waals surface area (Å²) in [5.74, 6) is 1.39. The highest BCUT2D eigenvalue weighted by atomic mass is 79.9. The molecule has 4 nitrogen and oxygen atoms in total. The maximum Gasteiger partial charge on any atom is 0.235 e. The first-order valence-electron chi connectivity index (χ1n) is 5.63.